The van der Waals surface area contributed by atoms with Crippen LogP contribution in [0.15, 0.2) is 24.3 Å². The van der Waals surface area contributed by atoms with E-state index in [4.69, 9.17) is 14.6 Å². The molecule has 3 N–H and O–H groups in total. The van der Waals surface area contributed by atoms with Crippen LogP contribution in [-0.2, 0) is 10.0 Å². The second-order valence-electron chi connectivity index (χ2n) is 11.2. The van der Waals surface area contributed by atoms with Gasteiger partial charge in [0.2, 0.25) is 22.6 Å². The number of benzene rings is 1. The van der Waals surface area contributed by atoms with Crippen molar-refractivity contribution in [2.24, 2.45) is 5.41 Å². The van der Waals surface area contributed by atoms with Crippen LogP contribution in [-0.4, -0.2) is 75.7 Å². The maximum atomic E-state index is 13.8. The molecule has 2 saturated heterocycles. The van der Waals surface area contributed by atoms with Gasteiger partial charge >= 0.3 is 0 Å². The standard InChI is InChI=1S/C27H33F2N5O6S/c28-27(29)7-11-34(12-8-27)24-23-21(39-17-40-23)16-22(30-24)31-25(36)19-2-1-18(32-41(37,38)14-13-35)15-20(19)33-9-5-26(3-4-26)6-10-33/h1-2,15-16,32,35H,3-14,17H2,(H,30,31,36). The summed E-state index contributed by atoms with van der Waals surface area (Å²) in [6, 6.07) is 6.24. The van der Waals surface area contributed by atoms with Crippen molar-refractivity contribution in [3.05, 3.63) is 29.8 Å². The first-order valence-electron chi connectivity index (χ1n) is 13.8. The van der Waals surface area contributed by atoms with Gasteiger partial charge in [0.05, 0.1) is 29.3 Å². The Labute approximate surface area is 236 Å². The number of alkyl halides is 2. The molecular weight excluding hydrogens is 560 g/mol. The number of aliphatic hydroxyl groups is 1. The number of piperidine rings is 2. The fourth-order valence-electron chi connectivity index (χ4n) is 5.70. The topological polar surface area (TPSA) is 133 Å². The fourth-order valence-corrected chi connectivity index (χ4v) is 6.53. The molecule has 0 radical (unpaired) electrons. The number of amides is 1. The van der Waals surface area contributed by atoms with Crippen molar-refractivity contribution in [1.29, 1.82) is 0 Å². The van der Waals surface area contributed by atoms with Crippen LogP contribution in [0.3, 0.4) is 0 Å². The molecule has 222 valence electrons. The largest absolute Gasteiger partial charge is 0.453 e. The van der Waals surface area contributed by atoms with Gasteiger partial charge in [0.25, 0.3) is 11.8 Å². The van der Waals surface area contributed by atoms with E-state index in [2.05, 4.69) is 19.9 Å². The van der Waals surface area contributed by atoms with Gasteiger partial charge in [-0.2, -0.15) is 0 Å². The van der Waals surface area contributed by atoms with Crippen LogP contribution in [0, 0.1) is 5.41 Å². The first-order chi connectivity index (χ1) is 19.6. The van der Waals surface area contributed by atoms with Crippen LogP contribution in [0.1, 0.15) is 48.9 Å². The highest BCUT2D eigenvalue weighted by molar-refractivity contribution is 7.92. The zero-order chi connectivity index (χ0) is 28.8. The third kappa shape index (κ3) is 5.98. The molecule has 3 aliphatic heterocycles. The van der Waals surface area contributed by atoms with Crippen molar-refractivity contribution in [2.45, 2.75) is 44.4 Å². The number of pyridine rings is 1. The van der Waals surface area contributed by atoms with E-state index in [1.807, 2.05) is 0 Å². The Morgan fingerprint density at radius 3 is 2.39 bits per heavy atom. The van der Waals surface area contributed by atoms with Gasteiger partial charge in [-0.15, -0.1) is 0 Å². The highest BCUT2D eigenvalue weighted by Gasteiger charge is 2.44. The van der Waals surface area contributed by atoms with Gasteiger partial charge in [-0.1, -0.05) is 0 Å². The number of hydrogen-bond donors (Lipinski definition) is 3. The van der Waals surface area contributed by atoms with Crippen molar-refractivity contribution in [3.63, 3.8) is 0 Å². The molecule has 11 nitrogen and oxygen atoms in total. The molecule has 0 bridgehead atoms. The lowest BCUT2D eigenvalue weighted by atomic mass is 9.93. The van der Waals surface area contributed by atoms with E-state index in [0.717, 1.165) is 25.9 Å². The van der Waals surface area contributed by atoms with Crippen molar-refractivity contribution in [2.75, 3.05) is 65.2 Å². The minimum atomic E-state index is -3.76. The second kappa shape index (κ2) is 10.5. The predicted octanol–water partition coefficient (Wildman–Crippen LogP) is 3.41. The molecule has 6 rings (SSSR count). The molecule has 3 fully saturated rings. The lowest BCUT2D eigenvalue weighted by molar-refractivity contribution is -0.0222. The number of carbonyl (C=O) groups excluding carboxylic acids is 1. The normalized spacial score (nSPS) is 20.7. The molecule has 1 aromatic heterocycles. The van der Waals surface area contributed by atoms with Crippen LogP contribution in [0.5, 0.6) is 11.5 Å². The van der Waals surface area contributed by atoms with E-state index in [1.165, 1.54) is 25.0 Å². The molecule has 41 heavy (non-hydrogen) atoms. The number of anilines is 4. The first kappa shape index (κ1) is 27.8. The number of nitrogens with zero attached hydrogens (tertiary/aromatic N) is 3. The molecule has 2 aromatic rings. The fraction of sp³-hybridized carbons (Fsp3) is 0.556. The van der Waals surface area contributed by atoms with Crippen molar-refractivity contribution < 1.29 is 36.6 Å². The number of rotatable bonds is 8. The third-order valence-corrected chi connectivity index (χ3v) is 9.64. The van der Waals surface area contributed by atoms with Gasteiger partial charge in [-0.25, -0.2) is 22.2 Å². The van der Waals surface area contributed by atoms with Crippen molar-refractivity contribution in [3.8, 4) is 11.5 Å². The Morgan fingerprint density at radius 1 is 1.00 bits per heavy atom. The summed E-state index contributed by atoms with van der Waals surface area (Å²) in [4.78, 5) is 22.0. The first-order valence-corrected chi connectivity index (χ1v) is 15.5. The monoisotopic (exact) mass is 593 g/mol. The van der Waals surface area contributed by atoms with Gasteiger partial charge in [0, 0.05) is 45.1 Å². The molecule has 1 amide bonds. The number of nitrogens with one attached hydrogen (secondary N) is 2. The van der Waals surface area contributed by atoms with E-state index >= 15 is 0 Å². The average Bonchev–Trinajstić information content (AvgIpc) is 3.50. The second-order valence-corrected chi connectivity index (χ2v) is 13.1. The Balaban J connectivity index is 1.28. The summed E-state index contributed by atoms with van der Waals surface area (Å²) in [5, 5.41) is 11.9. The number of sulfonamides is 1. The molecule has 4 heterocycles. The highest BCUT2D eigenvalue weighted by Crippen LogP contribution is 2.54. The molecule has 14 heteroatoms. The van der Waals surface area contributed by atoms with Crippen molar-refractivity contribution >= 4 is 38.9 Å². The van der Waals surface area contributed by atoms with E-state index in [-0.39, 0.29) is 38.5 Å². The Morgan fingerprint density at radius 2 is 1.71 bits per heavy atom. The van der Waals surface area contributed by atoms with Crippen LogP contribution in [0.25, 0.3) is 0 Å². The van der Waals surface area contributed by atoms with Gasteiger partial charge in [-0.05, 0) is 49.3 Å². The number of fused-ring (bicyclic) bond motifs is 1. The van der Waals surface area contributed by atoms with Gasteiger partial charge in [-0.3, -0.25) is 9.52 Å². The van der Waals surface area contributed by atoms with Crippen molar-refractivity contribution in [1.82, 2.24) is 4.98 Å². The maximum Gasteiger partial charge on any atom is 0.258 e. The molecule has 0 atom stereocenters. The Kier molecular flexibility index (Phi) is 7.09. The zero-order valence-electron chi connectivity index (χ0n) is 22.5. The summed E-state index contributed by atoms with van der Waals surface area (Å²) >= 11 is 0. The number of carbonyl (C=O) groups is 1. The summed E-state index contributed by atoms with van der Waals surface area (Å²) in [6.45, 7) is 1.09. The summed E-state index contributed by atoms with van der Waals surface area (Å²) in [7, 11) is -3.76. The third-order valence-electron chi connectivity index (χ3n) is 8.37. The van der Waals surface area contributed by atoms with Gasteiger partial charge < -0.3 is 29.7 Å². The molecule has 1 saturated carbocycles. The lowest BCUT2D eigenvalue weighted by Crippen LogP contribution is -2.40. The summed E-state index contributed by atoms with van der Waals surface area (Å²) < 4.78 is 65.7. The lowest BCUT2D eigenvalue weighted by Gasteiger charge is -2.35. The average molecular weight is 594 g/mol. The minimum Gasteiger partial charge on any atom is -0.453 e. The molecule has 0 unspecified atom stereocenters. The van der Waals surface area contributed by atoms with Gasteiger partial charge in [0.15, 0.2) is 11.6 Å². The van der Waals surface area contributed by atoms with E-state index in [0.29, 0.717) is 39.7 Å². The number of ether oxygens (including phenoxy) is 2. The molecule has 1 aliphatic carbocycles. The number of halogens is 2. The van der Waals surface area contributed by atoms with Crippen LogP contribution < -0.4 is 29.3 Å². The maximum absolute atomic E-state index is 13.8. The summed E-state index contributed by atoms with van der Waals surface area (Å²) in [5.41, 5.74) is 1.61. The molecule has 1 spiro atoms. The predicted molar refractivity (Wildman–Crippen MR) is 149 cm³/mol. The van der Waals surface area contributed by atoms with E-state index in [1.54, 1.807) is 17.0 Å². The Bertz CT molecular complexity index is 1430. The number of aliphatic hydroxyl groups excluding tert-OH is 1. The summed E-state index contributed by atoms with van der Waals surface area (Å²) in [5.74, 6) is -2.39. The Hall–Kier alpha value is -3.39. The minimum absolute atomic E-state index is 0.0420. The number of hydrogen-bond acceptors (Lipinski definition) is 9. The number of aromatic nitrogens is 1. The van der Waals surface area contributed by atoms with Gasteiger partial charge in [0.1, 0.15) is 5.82 Å². The van der Waals surface area contributed by atoms with E-state index in [9.17, 15) is 22.0 Å². The smallest absolute Gasteiger partial charge is 0.258 e. The molecule has 4 aliphatic rings. The molecular formula is C27H33F2N5O6S. The van der Waals surface area contributed by atoms with Crippen LogP contribution in [0.4, 0.5) is 31.8 Å². The highest BCUT2D eigenvalue weighted by atomic mass is 32.2. The zero-order valence-corrected chi connectivity index (χ0v) is 23.3. The van der Waals surface area contributed by atoms with E-state index < -0.39 is 34.2 Å². The van der Waals surface area contributed by atoms with Crippen LogP contribution in [0.2, 0.25) is 0 Å². The molecule has 1 aromatic carbocycles. The van der Waals surface area contributed by atoms with Crippen LogP contribution >= 0.6 is 0 Å². The quantitative estimate of drug-likeness (QED) is 0.421. The summed E-state index contributed by atoms with van der Waals surface area (Å²) in [6.07, 6.45) is 3.79. The SMILES string of the molecule is O=C(Nc1cc2c(c(N3CCC(F)(F)CC3)n1)OCO2)c1ccc(NS(=O)(=O)CCO)cc1N1CCC2(CC1)CC2.